The van der Waals surface area contributed by atoms with Crippen molar-refractivity contribution < 1.29 is 4.39 Å². The van der Waals surface area contributed by atoms with Crippen molar-refractivity contribution in [3.05, 3.63) is 29.1 Å². The molecule has 130 valence electrons. The summed E-state index contributed by atoms with van der Waals surface area (Å²) in [5.74, 6) is 2.41. The Morgan fingerprint density at radius 3 is 2.83 bits per heavy atom. The summed E-state index contributed by atoms with van der Waals surface area (Å²) in [7, 11) is 0. The quantitative estimate of drug-likeness (QED) is 0.882. The van der Waals surface area contributed by atoms with E-state index in [4.69, 9.17) is 0 Å². The molecule has 0 bridgehead atoms. The highest BCUT2D eigenvalue weighted by molar-refractivity contribution is 5.17. The predicted molar refractivity (Wildman–Crippen MR) is 88.5 cm³/mol. The summed E-state index contributed by atoms with van der Waals surface area (Å²) in [5, 5.41) is 11.9. The van der Waals surface area contributed by atoms with Gasteiger partial charge in [-0.15, -0.1) is 0 Å². The first-order valence-corrected chi connectivity index (χ1v) is 8.91. The average Bonchev–Trinajstić information content (AvgIpc) is 3.03. The summed E-state index contributed by atoms with van der Waals surface area (Å²) < 4.78 is 15.5. The van der Waals surface area contributed by atoms with Gasteiger partial charge in [-0.05, 0) is 26.7 Å². The van der Waals surface area contributed by atoms with Crippen molar-refractivity contribution in [3.8, 4) is 0 Å². The predicted octanol–water partition coefficient (Wildman–Crippen LogP) is 2.39. The molecule has 1 saturated heterocycles. The molecule has 2 aromatic heterocycles. The molecule has 0 unspecified atom stereocenters. The zero-order valence-electron chi connectivity index (χ0n) is 14.4. The van der Waals surface area contributed by atoms with E-state index in [-0.39, 0.29) is 18.5 Å². The molecular formula is C17H25FN6. The molecule has 1 saturated carbocycles. The molecule has 1 aliphatic carbocycles. The maximum absolute atomic E-state index is 13.6. The molecule has 7 heteroatoms. The van der Waals surface area contributed by atoms with Crippen molar-refractivity contribution in [2.45, 2.75) is 51.6 Å². The van der Waals surface area contributed by atoms with Gasteiger partial charge in [0.2, 0.25) is 0 Å². The van der Waals surface area contributed by atoms with Crippen molar-refractivity contribution >= 4 is 0 Å². The van der Waals surface area contributed by atoms with Crippen LogP contribution in [0, 0.1) is 12.8 Å². The van der Waals surface area contributed by atoms with Gasteiger partial charge >= 0.3 is 0 Å². The molecule has 6 nitrogen and oxygen atoms in total. The molecule has 0 aromatic carbocycles. The number of hydrogen-bond donors (Lipinski definition) is 1. The first kappa shape index (κ1) is 15.7. The fourth-order valence-electron chi connectivity index (χ4n) is 3.65. The second-order valence-corrected chi connectivity index (χ2v) is 7.16. The zero-order valence-corrected chi connectivity index (χ0v) is 14.4. The first-order chi connectivity index (χ1) is 11.7. The number of hydrogen-bond acceptors (Lipinski definition) is 4. The van der Waals surface area contributed by atoms with E-state index in [1.54, 1.807) is 0 Å². The van der Waals surface area contributed by atoms with Crippen LogP contribution in [0.15, 0.2) is 6.20 Å². The van der Waals surface area contributed by atoms with Crippen molar-refractivity contribution in [1.29, 1.82) is 0 Å². The second-order valence-electron chi connectivity index (χ2n) is 7.16. The number of aromatic amines is 1. The number of nitrogens with one attached hydrogen (secondary N) is 1. The Hall–Kier alpha value is -1.76. The van der Waals surface area contributed by atoms with E-state index in [0.29, 0.717) is 5.92 Å². The van der Waals surface area contributed by atoms with Crippen LogP contribution in [0.2, 0.25) is 0 Å². The standard InChI is InChI=1S/C17H25FN6/c1-3-24-9-14(11(2)22-24)8-23-7-13(6-18)15(10-23)17-19-16(20-21-17)12-4-5-12/h9,12-13,15H,3-8,10H2,1-2H3,(H,19,20,21)/t13-,15-/m1/s1. The van der Waals surface area contributed by atoms with Gasteiger partial charge in [0.25, 0.3) is 0 Å². The fraction of sp³-hybridized carbons (Fsp3) is 0.706. The molecule has 24 heavy (non-hydrogen) atoms. The number of aromatic nitrogens is 5. The van der Waals surface area contributed by atoms with Crippen LogP contribution >= 0.6 is 0 Å². The Morgan fingerprint density at radius 1 is 1.33 bits per heavy atom. The third-order valence-corrected chi connectivity index (χ3v) is 5.29. The van der Waals surface area contributed by atoms with Crippen LogP contribution in [0.25, 0.3) is 0 Å². The first-order valence-electron chi connectivity index (χ1n) is 8.91. The Morgan fingerprint density at radius 2 is 2.17 bits per heavy atom. The number of aryl methyl sites for hydroxylation is 2. The maximum atomic E-state index is 13.6. The van der Waals surface area contributed by atoms with Crippen LogP contribution < -0.4 is 0 Å². The fourth-order valence-corrected chi connectivity index (χ4v) is 3.65. The third-order valence-electron chi connectivity index (χ3n) is 5.29. The largest absolute Gasteiger partial charge is 0.298 e. The molecule has 1 N–H and O–H groups in total. The Labute approximate surface area is 141 Å². The lowest BCUT2D eigenvalue weighted by Gasteiger charge is -2.14. The summed E-state index contributed by atoms with van der Waals surface area (Å²) in [6, 6.07) is 0. The minimum absolute atomic E-state index is 0.00784. The monoisotopic (exact) mass is 332 g/mol. The van der Waals surface area contributed by atoms with E-state index in [9.17, 15) is 4.39 Å². The molecule has 2 fully saturated rings. The lowest BCUT2D eigenvalue weighted by atomic mass is 9.97. The molecular weight excluding hydrogens is 307 g/mol. The molecule has 0 radical (unpaired) electrons. The van der Waals surface area contributed by atoms with Gasteiger partial charge in [-0.25, -0.2) is 4.98 Å². The topological polar surface area (TPSA) is 62.6 Å². The van der Waals surface area contributed by atoms with Crippen LogP contribution in [-0.2, 0) is 13.1 Å². The second kappa shape index (κ2) is 6.27. The molecule has 4 rings (SSSR count). The SMILES string of the molecule is CCn1cc(CN2C[C@@H](CF)[C@H](c3nc(C4CC4)n[nH]3)C2)c(C)n1. The minimum Gasteiger partial charge on any atom is -0.298 e. The Kier molecular flexibility index (Phi) is 4.12. The smallest absolute Gasteiger partial charge is 0.153 e. The highest BCUT2D eigenvalue weighted by atomic mass is 19.1. The molecule has 3 heterocycles. The summed E-state index contributed by atoms with van der Waals surface area (Å²) in [5.41, 5.74) is 2.29. The van der Waals surface area contributed by atoms with E-state index < -0.39 is 0 Å². The van der Waals surface area contributed by atoms with Gasteiger partial charge < -0.3 is 0 Å². The molecule has 0 spiro atoms. The number of alkyl halides is 1. The summed E-state index contributed by atoms with van der Waals surface area (Å²) in [6.07, 6.45) is 4.47. The van der Waals surface area contributed by atoms with E-state index in [1.165, 1.54) is 18.4 Å². The number of halogens is 1. The van der Waals surface area contributed by atoms with Crippen LogP contribution in [0.3, 0.4) is 0 Å². The van der Waals surface area contributed by atoms with Gasteiger partial charge in [0.1, 0.15) is 5.82 Å². The average molecular weight is 332 g/mol. The highest BCUT2D eigenvalue weighted by Crippen LogP contribution is 2.39. The Bertz CT molecular complexity index is 704. The minimum atomic E-state index is -0.312. The summed E-state index contributed by atoms with van der Waals surface area (Å²) in [6.45, 7) is 7.10. The van der Waals surface area contributed by atoms with E-state index in [0.717, 1.165) is 43.5 Å². The van der Waals surface area contributed by atoms with Gasteiger partial charge in [-0.2, -0.15) is 10.2 Å². The van der Waals surface area contributed by atoms with E-state index >= 15 is 0 Å². The lowest BCUT2D eigenvalue weighted by molar-refractivity contribution is 0.295. The van der Waals surface area contributed by atoms with Crippen molar-refractivity contribution in [2.24, 2.45) is 5.92 Å². The molecule has 2 aliphatic rings. The van der Waals surface area contributed by atoms with Gasteiger partial charge in [0, 0.05) is 55.7 Å². The van der Waals surface area contributed by atoms with Crippen LogP contribution in [0.5, 0.6) is 0 Å². The lowest BCUT2D eigenvalue weighted by Crippen LogP contribution is -2.20. The van der Waals surface area contributed by atoms with Crippen molar-refractivity contribution in [1.82, 2.24) is 29.9 Å². The number of likely N-dealkylation sites (tertiary alicyclic amines) is 1. The van der Waals surface area contributed by atoms with E-state index in [1.807, 2.05) is 11.6 Å². The Balaban J connectivity index is 1.47. The third kappa shape index (κ3) is 2.97. The number of rotatable bonds is 6. The van der Waals surface area contributed by atoms with Crippen molar-refractivity contribution in [3.63, 3.8) is 0 Å². The van der Waals surface area contributed by atoms with Gasteiger partial charge in [0.15, 0.2) is 5.82 Å². The molecule has 2 aromatic rings. The highest BCUT2D eigenvalue weighted by Gasteiger charge is 2.37. The maximum Gasteiger partial charge on any atom is 0.153 e. The molecule has 0 amide bonds. The van der Waals surface area contributed by atoms with Crippen LogP contribution in [0.4, 0.5) is 4.39 Å². The zero-order chi connectivity index (χ0) is 16.7. The number of nitrogens with zero attached hydrogens (tertiary/aromatic N) is 5. The van der Waals surface area contributed by atoms with Gasteiger partial charge in [-0.3, -0.25) is 19.1 Å². The summed E-state index contributed by atoms with van der Waals surface area (Å²) >= 11 is 0. The molecule has 1 aliphatic heterocycles. The summed E-state index contributed by atoms with van der Waals surface area (Å²) in [4.78, 5) is 6.97. The van der Waals surface area contributed by atoms with Gasteiger partial charge in [-0.1, -0.05) is 0 Å². The normalized spacial score (nSPS) is 24.8. The number of H-pyrrole nitrogens is 1. The molecule has 2 atom stereocenters. The van der Waals surface area contributed by atoms with Gasteiger partial charge in [0.05, 0.1) is 12.4 Å². The van der Waals surface area contributed by atoms with Crippen molar-refractivity contribution in [2.75, 3.05) is 19.8 Å². The van der Waals surface area contributed by atoms with Crippen LogP contribution in [0.1, 0.15) is 54.5 Å². The van der Waals surface area contributed by atoms with E-state index in [2.05, 4.69) is 38.3 Å². The van der Waals surface area contributed by atoms with Crippen LogP contribution in [-0.4, -0.2) is 49.6 Å².